The molecule has 136 valence electrons. The van der Waals surface area contributed by atoms with E-state index in [1.54, 1.807) is 6.92 Å². The van der Waals surface area contributed by atoms with E-state index >= 15 is 0 Å². The molecule has 1 aromatic carbocycles. The summed E-state index contributed by atoms with van der Waals surface area (Å²) < 4.78 is 5.05. The minimum Gasteiger partial charge on any atom is -0.481 e. The molecule has 0 saturated carbocycles. The van der Waals surface area contributed by atoms with Crippen molar-refractivity contribution in [3.63, 3.8) is 0 Å². The number of rotatable bonds is 9. The SMILES string of the molecule is CCOC(=O)CC1CN(N[C@H](C=O)CCC(=O)O)c2ccc(C)cc21. The van der Waals surface area contributed by atoms with Crippen molar-refractivity contribution in [3.05, 3.63) is 29.3 Å². The average molecular weight is 348 g/mol. The molecular formula is C18H24N2O5. The number of nitrogens with one attached hydrogen (secondary N) is 1. The zero-order valence-corrected chi connectivity index (χ0v) is 14.5. The maximum absolute atomic E-state index is 11.9. The molecule has 0 radical (unpaired) electrons. The number of fused-ring (bicyclic) bond motifs is 1. The van der Waals surface area contributed by atoms with Crippen LogP contribution in [0, 0.1) is 6.92 Å². The third kappa shape index (κ3) is 5.03. The van der Waals surface area contributed by atoms with Crippen LogP contribution in [0.5, 0.6) is 0 Å². The average Bonchev–Trinajstić information content (AvgIpc) is 2.88. The van der Waals surface area contributed by atoms with Gasteiger partial charge in [-0.25, -0.2) is 5.43 Å². The minimum atomic E-state index is -0.939. The Hall–Kier alpha value is -2.41. The zero-order chi connectivity index (χ0) is 18.4. The van der Waals surface area contributed by atoms with Crippen LogP contribution in [-0.2, 0) is 19.1 Å². The number of carbonyl (C=O) groups is 3. The number of anilines is 1. The van der Waals surface area contributed by atoms with E-state index in [2.05, 4.69) is 5.43 Å². The monoisotopic (exact) mass is 348 g/mol. The summed E-state index contributed by atoms with van der Waals surface area (Å²) in [5.41, 5.74) is 6.11. The highest BCUT2D eigenvalue weighted by Crippen LogP contribution is 2.38. The molecule has 1 heterocycles. The molecule has 2 atom stereocenters. The second kappa shape index (κ2) is 8.62. The van der Waals surface area contributed by atoms with Gasteiger partial charge in [0.2, 0.25) is 0 Å². The van der Waals surface area contributed by atoms with Crippen molar-refractivity contribution in [2.75, 3.05) is 18.2 Å². The number of hydrogen-bond donors (Lipinski definition) is 2. The second-order valence-electron chi connectivity index (χ2n) is 6.18. The van der Waals surface area contributed by atoms with Crippen molar-refractivity contribution < 1.29 is 24.2 Å². The lowest BCUT2D eigenvalue weighted by Gasteiger charge is -2.24. The summed E-state index contributed by atoms with van der Waals surface area (Å²) in [4.78, 5) is 33.9. The molecule has 25 heavy (non-hydrogen) atoms. The van der Waals surface area contributed by atoms with Crippen molar-refractivity contribution in [1.82, 2.24) is 5.43 Å². The zero-order valence-electron chi connectivity index (χ0n) is 14.5. The largest absolute Gasteiger partial charge is 0.481 e. The third-order valence-corrected chi connectivity index (χ3v) is 4.19. The number of aliphatic carboxylic acids is 1. The van der Waals surface area contributed by atoms with Crippen LogP contribution in [0.4, 0.5) is 5.69 Å². The normalized spacial score (nSPS) is 17.0. The Morgan fingerprint density at radius 3 is 2.88 bits per heavy atom. The predicted octanol–water partition coefficient (Wildman–Crippen LogP) is 1.79. The van der Waals surface area contributed by atoms with Crippen LogP contribution in [0.1, 0.15) is 43.2 Å². The molecule has 0 fully saturated rings. The van der Waals surface area contributed by atoms with Crippen LogP contribution >= 0.6 is 0 Å². The first-order valence-corrected chi connectivity index (χ1v) is 8.41. The van der Waals surface area contributed by atoms with Gasteiger partial charge in [-0.15, -0.1) is 0 Å². The van der Waals surface area contributed by atoms with E-state index in [1.807, 2.05) is 30.1 Å². The first kappa shape index (κ1) is 18.9. The Balaban J connectivity index is 2.13. The van der Waals surface area contributed by atoms with Gasteiger partial charge < -0.3 is 19.6 Å². The fourth-order valence-electron chi connectivity index (χ4n) is 3.02. The Bertz CT molecular complexity index is 646. The molecule has 0 spiro atoms. The molecule has 0 saturated heterocycles. The van der Waals surface area contributed by atoms with Crippen LogP contribution in [0.3, 0.4) is 0 Å². The number of nitrogens with zero attached hydrogens (tertiary/aromatic N) is 1. The molecule has 2 N–H and O–H groups in total. The molecule has 7 heteroatoms. The molecule has 0 bridgehead atoms. The lowest BCUT2D eigenvalue weighted by molar-refractivity contribution is -0.143. The smallest absolute Gasteiger partial charge is 0.306 e. The maximum atomic E-state index is 11.9. The van der Waals surface area contributed by atoms with Gasteiger partial charge in [0, 0.05) is 18.9 Å². The number of benzene rings is 1. The Morgan fingerprint density at radius 2 is 2.24 bits per heavy atom. The number of carbonyl (C=O) groups excluding carboxylic acids is 2. The topological polar surface area (TPSA) is 95.9 Å². The van der Waals surface area contributed by atoms with Gasteiger partial charge in [-0.05, 0) is 31.9 Å². The summed E-state index contributed by atoms with van der Waals surface area (Å²) in [6, 6.07) is 5.36. The van der Waals surface area contributed by atoms with E-state index in [0.717, 1.165) is 23.1 Å². The van der Waals surface area contributed by atoms with E-state index in [-0.39, 0.29) is 31.1 Å². The Morgan fingerprint density at radius 1 is 1.48 bits per heavy atom. The standard InChI is InChI=1S/C18H24N2O5/c1-3-25-18(24)9-13-10-20(16-6-4-12(2)8-15(13)16)19-14(11-21)5-7-17(22)23/h4,6,8,11,13-14,19H,3,5,7,9-10H2,1-2H3,(H,22,23)/t13?,14-/m0/s1. The second-order valence-corrected chi connectivity index (χ2v) is 6.18. The summed E-state index contributed by atoms with van der Waals surface area (Å²) in [7, 11) is 0. The summed E-state index contributed by atoms with van der Waals surface area (Å²) in [6.07, 6.45) is 1.11. The molecular weight excluding hydrogens is 324 g/mol. The Kier molecular flexibility index (Phi) is 6.52. The van der Waals surface area contributed by atoms with Crippen LogP contribution in [0.15, 0.2) is 18.2 Å². The van der Waals surface area contributed by atoms with Gasteiger partial charge in [-0.3, -0.25) is 9.59 Å². The van der Waals surface area contributed by atoms with Gasteiger partial charge >= 0.3 is 11.9 Å². The maximum Gasteiger partial charge on any atom is 0.306 e. The Labute approximate surface area is 146 Å². The molecule has 1 unspecified atom stereocenters. The first-order chi connectivity index (χ1) is 11.9. The summed E-state index contributed by atoms with van der Waals surface area (Å²) in [5.74, 6) is -1.22. The number of hydrogen-bond acceptors (Lipinski definition) is 6. The molecule has 1 aromatic rings. The minimum absolute atomic E-state index is 0.0341. The van der Waals surface area contributed by atoms with Crippen molar-refractivity contribution >= 4 is 23.9 Å². The number of hydrazine groups is 1. The number of aldehydes is 1. The number of carboxylic acids is 1. The summed E-state index contributed by atoms with van der Waals surface area (Å²) >= 11 is 0. The van der Waals surface area contributed by atoms with E-state index in [9.17, 15) is 14.4 Å². The molecule has 7 nitrogen and oxygen atoms in total. The highest BCUT2D eigenvalue weighted by Gasteiger charge is 2.32. The lowest BCUT2D eigenvalue weighted by atomic mass is 9.96. The molecule has 2 rings (SSSR count). The van der Waals surface area contributed by atoms with Crippen molar-refractivity contribution in [1.29, 1.82) is 0 Å². The third-order valence-electron chi connectivity index (χ3n) is 4.19. The van der Waals surface area contributed by atoms with Crippen molar-refractivity contribution in [3.8, 4) is 0 Å². The quantitative estimate of drug-likeness (QED) is 0.519. The van der Waals surface area contributed by atoms with Crippen molar-refractivity contribution in [2.45, 2.75) is 45.1 Å². The molecule has 0 aliphatic carbocycles. The molecule has 1 aliphatic heterocycles. The van der Waals surface area contributed by atoms with Gasteiger partial charge in [0.1, 0.15) is 6.29 Å². The number of ether oxygens (including phenoxy) is 1. The van der Waals surface area contributed by atoms with Gasteiger partial charge in [-0.1, -0.05) is 17.7 Å². The van der Waals surface area contributed by atoms with E-state index in [4.69, 9.17) is 9.84 Å². The molecule has 0 aromatic heterocycles. The predicted molar refractivity (Wildman–Crippen MR) is 92.4 cm³/mol. The number of aryl methyl sites for hydroxylation is 1. The fourth-order valence-corrected chi connectivity index (χ4v) is 3.02. The van der Waals surface area contributed by atoms with E-state index in [0.29, 0.717) is 13.2 Å². The van der Waals surface area contributed by atoms with Crippen LogP contribution in [-0.4, -0.2) is 42.5 Å². The highest BCUT2D eigenvalue weighted by atomic mass is 16.5. The van der Waals surface area contributed by atoms with Crippen LogP contribution < -0.4 is 10.4 Å². The van der Waals surface area contributed by atoms with E-state index in [1.165, 1.54) is 0 Å². The van der Waals surface area contributed by atoms with Crippen LogP contribution in [0.2, 0.25) is 0 Å². The fraction of sp³-hybridized carbons (Fsp3) is 0.500. The number of carboxylic acid groups (broad SMARTS) is 1. The van der Waals surface area contributed by atoms with Gasteiger partial charge in [0.15, 0.2) is 0 Å². The number of esters is 1. The summed E-state index contributed by atoms with van der Waals surface area (Å²) in [6.45, 7) is 4.63. The molecule has 0 amide bonds. The van der Waals surface area contributed by atoms with Gasteiger partial charge in [0.05, 0.1) is 24.8 Å². The van der Waals surface area contributed by atoms with E-state index < -0.39 is 12.0 Å². The molecule has 1 aliphatic rings. The van der Waals surface area contributed by atoms with Gasteiger partial charge in [-0.2, -0.15) is 0 Å². The van der Waals surface area contributed by atoms with Crippen LogP contribution in [0.25, 0.3) is 0 Å². The highest BCUT2D eigenvalue weighted by molar-refractivity contribution is 5.73. The lowest BCUT2D eigenvalue weighted by Crippen LogP contribution is -2.45. The summed E-state index contributed by atoms with van der Waals surface area (Å²) in [5, 5.41) is 10.6. The first-order valence-electron chi connectivity index (χ1n) is 8.41. The van der Waals surface area contributed by atoms with Gasteiger partial charge in [0.25, 0.3) is 0 Å². The van der Waals surface area contributed by atoms with Crippen molar-refractivity contribution in [2.24, 2.45) is 0 Å².